The van der Waals surface area contributed by atoms with Crippen molar-refractivity contribution in [3.63, 3.8) is 0 Å². The van der Waals surface area contributed by atoms with E-state index in [1.807, 2.05) is 0 Å². The fourth-order valence-electron chi connectivity index (χ4n) is 2.82. The Morgan fingerprint density at radius 3 is 2.62 bits per heavy atom. The zero-order chi connectivity index (χ0) is 11.6. The van der Waals surface area contributed by atoms with Gasteiger partial charge in [0.1, 0.15) is 0 Å². The first-order valence-electron chi connectivity index (χ1n) is 6.62. The molecule has 92 valence electrons. The number of carbonyl (C=O) groups excluding carboxylic acids is 1. The molecule has 2 rings (SSSR count). The third-order valence-corrected chi connectivity index (χ3v) is 4.25. The topological polar surface area (TPSA) is 29.5 Å². The van der Waals surface area contributed by atoms with Crippen molar-refractivity contribution in [2.45, 2.75) is 52.0 Å². The number of likely N-dealkylation sites (tertiary alicyclic amines) is 1. The fraction of sp³-hybridized carbons (Fsp3) is 0.923. The molecule has 0 bridgehead atoms. The fourth-order valence-corrected chi connectivity index (χ4v) is 2.82. The van der Waals surface area contributed by atoms with Gasteiger partial charge in [-0.3, -0.25) is 4.79 Å². The van der Waals surface area contributed by atoms with E-state index in [-0.39, 0.29) is 5.41 Å². The third kappa shape index (κ3) is 1.86. The zero-order valence-electron chi connectivity index (χ0n) is 10.5. The van der Waals surface area contributed by atoms with Gasteiger partial charge in [-0.05, 0) is 32.1 Å². The summed E-state index contributed by atoms with van der Waals surface area (Å²) in [6, 6.07) is 0.477. The van der Waals surface area contributed by atoms with E-state index in [0.29, 0.717) is 25.2 Å². The van der Waals surface area contributed by atoms with Gasteiger partial charge in [0, 0.05) is 12.6 Å². The van der Waals surface area contributed by atoms with Gasteiger partial charge in [0.2, 0.25) is 5.91 Å². The predicted octanol–water partition coefficient (Wildman–Crippen LogP) is 2.20. The normalized spacial score (nSPS) is 28.6. The van der Waals surface area contributed by atoms with Crippen LogP contribution in [0.25, 0.3) is 0 Å². The number of nitrogens with zero attached hydrogens (tertiary/aromatic N) is 1. The summed E-state index contributed by atoms with van der Waals surface area (Å²) in [4.78, 5) is 14.7. The summed E-state index contributed by atoms with van der Waals surface area (Å²) in [6.07, 6.45) is 5.63. The number of rotatable bonds is 3. The molecule has 1 unspecified atom stereocenters. The van der Waals surface area contributed by atoms with Gasteiger partial charge in [-0.2, -0.15) is 0 Å². The molecule has 2 fully saturated rings. The van der Waals surface area contributed by atoms with Crippen LogP contribution in [0.1, 0.15) is 46.0 Å². The maximum absolute atomic E-state index is 12.5. The average molecular weight is 225 g/mol. The van der Waals surface area contributed by atoms with E-state index in [9.17, 15) is 4.79 Å². The van der Waals surface area contributed by atoms with Crippen molar-refractivity contribution < 1.29 is 9.53 Å². The van der Waals surface area contributed by atoms with Gasteiger partial charge in [0.05, 0.1) is 18.6 Å². The molecule has 0 aromatic rings. The first-order chi connectivity index (χ1) is 7.73. The molecule has 0 aromatic carbocycles. The lowest BCUT2D eigenvalue weighted by molar-refractivity contribution is -0.176. The number of hydrogen-bond acceptors (Lipinski definition) is 2. The second-order valence-corrected chi connectivity index (χ2v) is 5.18. The van der Waals surface area contributed by atoms with E-state index in [2.05, 4.69) is 18.7 Å². The van der Waals surface area contributed by atoms with Crippen molar-refractivity contribution >= 4 is 5.91 Å². The van der Waals surface area contributed by atoms with Crippen LogP contribution >= 0.6 is 0 Å². The molecular formula is C13H23NO2. The van der Waals surface area contributed by atoms with Crippen LogP contribution in [0.2, 0.25) is 0 Å². The van der Waals surface area contributed by atoms with E-state index >= 15 is 0 Å². The van der Waals surface area contributed by atoms with Crippen LogP contribution in [0, 0.1) is 5.41 Å². The van der Waals surface area contributed by atoms with Crippen LogP contribution < -0.4 is 0 Å². The predicted molar refractivity (Wildman–Crippen MR) is 63.2 cm³/mol. The Balaban J connectivity index is 2.07. The number of piperidine rings is 1. The minimum absolute atomic E-state index is 0.176. The number of carbonyl (C=O) groups is 1. The SMILES string of the molecule is CCC1CCCCN1C(=O)C1(CC)COC1. The Morgan fingerprint density at radius 2 is 2.12 bits per heavy atom. The molecule has 2 saturated heterocycles. The molecule has 0 aromatic heterocycles. The van der Waals surface area contributed by atoms with Crippen molar-refractivity contribution in [2.75, 3.05) is 19.8 Å². The molecule has 1 atom stereocenters. The van der Waals surface area contributed by atoms with Crippen LogP contribution in [0.3, 0.4) is 0 Å². The molecule has 16 heavy (non-hydrogen) atoms. The standard InChI is InChI=1S/C13H23NO2/c1-3-11-7-5-6-8-14(11)12(15)13(4-2)9-16-10-13/h11H,3-10H2,1-2H3. The van der Waals surface area contributed by atoms with Crippen LogP contribution in [-0.2, 0) is 9.53 Å². The average Bonchev–Trinajstić information content (AvgIpc) is 2.28. The van der Waals surface area contributed by atoms with Crippen LogP contribution in [-0.4, -0.2) is 36.6 Å². The van der Waals surface area contributed by atoms with Gasteiger partial charge >= 0.3 is 0 Å². The van der Waals surface area contributed by atoms with E-state index in [4.69, 9.17) is 4.74 Å². The summed E-state index contributed by atoms with van der Waals surface area (Å²) >= 11 is 0. The maximum atomic E-state index is 12.5. The molecule has 2 aliphatic heterocycles. The number of ether oxygens (including phenoxy) is 1. The lowest BCUT2D eigenvalue weighted by atomic mass is 9.80. The molecule has 2 aliphatic rings. The maximum Gasteiger partial charge on any atom is 0.233 e. The molecule has 1 amide bonds. The molecule has 0 N–H and O–H groups in total. The van der Waals surface area contributed by atoms with Crippen molar-refractivity contribution in [3.8, 4) is 0 Å². The van der Waals surface area contributed by atoms with Gasteiger partial charge in [-0.1, -0.05) is 13.8 Å². The first-order valence-corrected chi connectivity index (χ1v) is 6.62. The molecule has 3 nitrogen and oxygen atoms in total. The van der Waals surface area contributed by atoms with Crippen LogP contribution in [0.5, 0.6) is 0 Å². The highest BCUT2D eigenvalue weighted by Crippen LogP contribution is 2.35. The highest BCUT2D eigenvalue weighted by Gasteiger charge is 2.47. The zero-order valence-corrected chi connectivity index (χ0v) is 10.5. The van der Waals surface area contributed by atoms with E-state index in [0.717, 1.165) is 19.4 Å². The summed E-state index contributed by atoms with van der Waals surface area (Å²) in [6.45, 7) is 6.51. The van der Waals surface area contributed by atoms with Gasteiger partial charge < -0.3 is 9.64 Å². The summed E-state index contributed by atoms with van der Waals surface area (Å²) in [5, 5.41) is 0. The minimum atomic E-state index is -0.176. The van der Waals surface area contributed by atoms with Gasteiger partial charge in [-0.15, -0.1) is 0 Å². The molecule has 0 radical (unpaired) electrons. The van der Waals surface area contributed by atoms with E-state index in [1.165, 1.54) is 19.3 Å². The van der Waals surface area contributed by atoms with Crippen LogP contribution in [0.4, 0.5) is 0 Å². The largest absolute Gasteiger partial charge is 0.379 e. The second-order valence-electron chi connectivity index (χ2n) is 5.18. The van der Waals surface area contributed by atoms with Gasteiger partial charge in [-0.25, -0.2) is 0 Å². The molecule has 0 saturated carbocycles. The van der Waals surface area contributed by atoms with E-state index in [1.54, 1.807) is 0 Å². The van der Waals surface area contributed by atoms with Crippen molar-refractivity contribution in [1.82, 2.24) is 4.90 Å². The molecule has 3 heteroatoms. The number of hydrogen-bond donors (Lipinski definition) is 0. The first kappa shape index (κ1) is 11.9. The quantitative estimate of drug-likeness (QED) is 0.737. The van der Waals surface area contributed by atoms with E-state index < -0.39 is 0 Å². The van der Waals surface area contributed by atoms with Crippen molar-refractivity contribution in [3.05, 3.63) is 0 Å². The Hall–Kier alpha value is -0.570. The Kier molecular flexibility index (Phi) is 3.53. The molecule has 0 spiro atoms. The summed E-state index contributed by atoms with van der Waals surface area (Å²) < 4.78 is 5.26. The highest BCUT2D eigenvalue weighted by molar-refractivity contribution is 5.84. The van der Waals surface area contributed by atoms with Gasteiger partial charge in [0.25, 0.3) is 0 Å². The molecule has 2 heterocycles. The summed E-state index contributed by atoms with van der Waals surface area (Å²) in [5.74, 6) is 0.354. The Bertz CT molecular complexity index is 255. The van der Waals surface area contributed by atoms with Gasteiger partial charge in [0.15, 0.2) is 0 Å². The van der Waals surface area contributed by atoms with Crippen molar-refractivity contribution in [2.24, 2.45) is 5.41 Å². The summed E-state index contributed by atoms with van der Waals surface area (Å²) in [7, 11) is 0. The lowest BCUT2D eigenvalue weighted by Crippen LogP contribution is -2.58. The minimum Gasteiger partial charge on any atom is -0.379 e. The van der Waals surface area contributed by atoms with Crippen molar-refractivity contribution in [1.29, 1.82) is 0 Å². The molecule has 0 aliphatic carbocycles. The Labute approximate surface area is 98.1 Å². The Morgan fingerprint density at radius 1 is 1.38 bits per heavy atom. The van der Waals surface area contributed by atoms with Crippen LogP contribution in [0.15, 0.2) is 0 Å². The smallest absolute Gasteiger partial charge is 0.233 e. The second kappa shape index (κ2) is 4.74. The monoisotopic (exact) mass is 225 g/mol. The summed E-state index contributed by atoms with van der Waals surface area (Å²) in [5.41, 5.74) is -0.176. The number of amides is 1. The lowest BCUT2D eigenvalue weighted by Gasteiger charge is -2.46. The highest BCUT2D eigenvalue weighted by atomic mass is 16.5. The molecular weight excluding hydrogens is 202 g/mol. The third-order valence-electron chi connectivity index (χ3n) is 4.25.